The van der Waals surface area contributed by atoms with Crippen molar-refractivity contribution in [2.45, 2.75) is 44.7 Å². The maximum atomic E-state index is 13.0. The van der Waals surface area contributed by atoms with Gasteiger partial charge in [0.2, 0.25) is 0 Å². The zero-order valence-electron chi connectivity index (χ0n) is 14.4. The van der Waals surface area contributed by atoms with E-state index < -0.39 is 5.54 Å². The molecule has 2 aliphatic rings. The van der Waals surface area contributed by atoms with E-state index in [2.05, 4.69) is 15.5 Å². The molecule has 2 heterocycles. The highest BCUT2D eigenvalue weighted by Gasteiger charge is 2.55. The zero-order chi connectivity index (χ0) is 18.3. The lowest BCUT2D eigenvalue weighted by Crippen LogP contribution is -2.53. The molecule has 1 N–H and O–H groups in total. The van der Waals surface area contributed by atoms with Crippen LogP contribution in [-0.4, -0.2) is 32.5 Å². The molecule has 1 aliphatic heterocycles. The zero-order valence-corrected chi connectivity index (χ0v) is 15.1. The SMILES string of the molecule is C[C@@H]1CCCC[C@@]12NC(=O)N(Cc1noc(-c3ccc(Cl)cc3)n1)C2=O. The molecule has 2 atom stereocenters. The molecular formula is C18H19ClN4O3. The third kappa shape index (κ3) is 2.76. The van der Waals surface area contributed by atoms with E-state index in [1.807, 2.05) is 6.92 Å². The van der Waals surface area contributed by atoms with Crippen molar-refractivity contribution in [3.8, 4) is 11.5 Å². The standard InChI is InChI=1S/C18H19ClN4O3/c1-11-4-2-3-9-18(11)16(24)23(17(25)21-18)10-14-20-15(26-22-14)12-5-7-13(19)8-6-12/h5-8,11H,2-4,9-10H2,1H3,(H,21,25)/t11-,18-/m1/s1. The molecule has 136 valence electrons. The van der Waals surface area contributed by atoms with E-state index in [-0.39, 0.29) is 24.4 Å². The normalized spacial score (nSPS) is 25.8. The van der Waals surface area contributed by atoms with E-state index in [0.29, 0.717) is 23.2 Å². The molecule has 0 radical (unpaired) electrons. The number of carbonyl (C=O) groups is 2. The largest absolute Gasteiger partial charge is 0.334 e. The van der Waals surface area contributed by atoms with Crippen molar-refractivity contribution in [2.75, 3.05) is 0 Å². The van der Waals surface area contributed by atoms with Gasteiger partial charge in [0, 0.05) is 10.6 Å². The predicted octanol–water partition coefficient (Wildman–Crippen LogP) is 3.39. The van der Waals surface area contributed by atoms with E-state index in [1.165, 1.54) is 4.90 Å². The number of halogens is 1. The Balaban J connectivity index is 1.53. The highest BCUT2D eigenvalue weighted by Crippen LogP contribution is 2.38. The van der Waals surface area contributed by atoms with Crippen molar-refractivity contribution in [1.82, 2.24) is 20.4 Å². The van der Waals surface area contributed by atoms with Gasteiger partial charge in [-0.15, -0.1) is 0 Å². The fourth-order valence-corrected chi connectivity index (χ4v) is 3.93. The Morgan fingerprint density at radius 2 is 2.08 bits per heavy atom. The van der Waals surface area contributed by atoms with Gasteiger partial charge in [0.25, 0.3) is 11.8 Å². The molecule has 4 rings (SSSR count). The maximum absolute atomic E-state index is 13.0. The van der Waals surface area contributed by atoms with Crippen LogP contribution < -0.4 is 5.32 Å². The first-order chi connectivity index (χ1) is 12.5. The minimum Gasteiger partial charge on any atom is -0.334 e. The number of hydrogen-bond donors (Lipinski definition) is 1. The Morgan fingerprint density at radius 1 is 1.31 bits per heavy atom. The van der Waals surface area contributed by atoms with Crippen LogP contribution in [0.3, 0.4) is 0 Å². The number of imide groups is 1. The lowest BCUT2D eigenvalue weighted by molar-refractivity contribution is -0.134. The molecule has 2 aromatic rings. The molecule has 1 aromatic heterocycles. The first kappa shape index (κ1) is 17.0. The van der Waals surface area contributed by atoms with Crippen LogP contribution in [0.2, 0.25) is 5.02 Å². The Morgan fingerprint density at radius 3 is 2.81 bits per heavy atom. The number of carbonyl (C=O) groups excluding carboxylic acids is 2. The lowest BCUT2D eigenvalue weighted by Gasteiger charge is -2.36. The molecule has 1 saturated heterocycles. The van der Waals surface area contributed by atoms with Crippen molar-refractivity contribution in [1.29, 1.82) is 0 Å². The van der Waals surface area contributed by atoms with Gasteiger partial charge in [-0.05, 0) is 43.0 Å². The number of rotatable bonds is 3. The summed E-state index contributed by atoms with van der Waals surface area (Å²) in [6, 6.07) is 6.61. The molecule has 26 heavy (non-hydrogen) atoms. The molecule has 7 nitrogen and oxygen atoms in total. The van der Waals surface area contributed by atoms with Crippen LogP contribution in [0.1, 0.15) is 38.4 Å². The summed E-state index contributed by atoms with van der Waals surface area (Å²) in [7, 11) is 0. The van der Waals surface area contributed by atoms with Gasteiger partial charge in [-0.25, -0.2) is 4.79 Å². The Hall–Kier alpha value is -2.41. The molecule has 8 heteroatoms. The van der Waals surface area contributed by atoms with Crippen molar-refractivity contribution < 1.29 is 14.1 Å². The summed E-state index contributed by atoms with van der Waals surface area (Å²) in [5.74, 6) is 0.545. The van der Waals surface area contributed by atoms with Crippen molar-refractivity contribution in [2.24, 2.45) is 5.92 Å². The number of amides is 3. The van der Waals surface area contributed by atoms with Crippen LogP contribution in [0.25, 0.3) is 11.5 Å². The Bertz CT molecular complexity index is 850. The molecule has 1 aliphatic carbocycles. The Kier molecular flexibility index (Phi) is 4.19. The van der Waals surface area contributed by atoms with Gasteiger partial charge in [-0.3, -0.25) is 9.69 Å². The minimum absolute atomic E-state index is 0.00374. The first-order valence-electron chi connectivity index (χ1n) is 8.72. The lowest BCUT2D eigenvalue weighted by atomic mass is 9.73. The van der Waals surface area contributed by atoms with Crippen LogP contribution in [0, 0.1) is 5.92 Å². The highest BCUT2D eigenvalue weighted by molar-refractivity contribution is 6.30. The summed E-state index contributed by atoms with van der Waals surface area (Å²) >= 11 is 5.88. The molecule has 1 aromatic carbocycles. The van der Waals surface area contributed by atoms with Crippen LogP contribution in [0.5, 0.6) is 0 Å². The monoisotopic (exact) mass is 374 g/mol. The molecule has 3 amide bonds. The minimum atomic E-state index is -0.780. The number of nitrogens with zero attached hydrogens (tertiary/aromatic N) is 3. The van der Waals surface area contributed by atoms with Gasteiger partial charge in [-0.1, -0.05) is 36.5 Å². The number of urea groups is 1. The van der Waals surface area contributed by atoms with Crippen molar-refractivity contribution in [3.63, 3.8) is 0 Å². The third-order valence-electron chi connectivity index (χ3n) is 5.36. The first-order valence-corrected chi connectivity index (χ1v) is 9.10. The number of nitrogens with one attached hydrogen (secondary N) is 1. The molecule has 2 fully saturated rings. The summed E-state index contributed by atoms with van der Waals surface area (Å²) in [6.45, 7) is 2.02. The predicted molar refractivity (Wildman–Crippen MR) is 94.2 cm³/mol. The Labute approximate surface area is 155 Å². The van der Waals surface area contributed by atoms with Gasteiger partial charge >= 0.3 is 6.03 Å². The molecular weight excluding hydrogens is 356 g/mol. The second kappa shape index (κ2) is 6.39. The fraction of sp³-hybridized carbons (Fsp3) is 0.444. The van der Waals surface area contributed by atoms with E-state index in [9.17, 15) is 9.59 Å². The van der Waals surface area contributed by atoms with Gasteiger partial charge in [0.1, 0.15) is 5.54 Å². The van der Waals surface area contributed by atoms with Crippen molar-refractivity contribution in [3.05, 3.63) is 35.1 Å². The number of hydrogen-bond acceptors (Lipinski definition) is 5. The number of benzene rings is 1. The van der Waals surface area contributed by atoms with Gasteiger partial charge < -0.3 is 9.84 Å². The fourth-order valence-electron chi connectivity index (χ4n) is 3.81. The highest BCUT2D eigenvalue weighted by atomic mass is 35.5. The molecule has 1 spiro atoms. The summed E-state index contributed by atoms with van der Waals surface area (Å²) in [5.41, 5.74) is -0.0549. The van der Waals surface area contributed by atoms with Crippen LogP contribution in [0.4, 0.5) is 4.79 Å². The quantitative estimate of drug-likeness (QED) is 0.832. The van der Waals surface area contributed by atoms with Gasteiger partial charge in [-0.2, -0.15) is 4.98 Å². The van der Waals surface area contributed by atoms with E-state index in [4.69, 9.17) is 16.1 Å². The topological polar surface area (TPSA) is 88.3 Å². The second-order valence-electron chi connectivity index (χ2n) is 6.96. The third-order valence-corrected chi connectivity index (χ3v) is 5.61. The summed E-state index contributed by atoms with van der Waals surface area (Å²) < 4.78 is 5.26. The van der Waals surface area contributed by atoms with Gasteiger partial charge in [0.15, 0.2) is 5.82 Å². The summed E-state index contributed by atoms with van der Waals surface area (Å²) in [4.78, 5) is 30.9. The van der Waals surface area contributed by atoms with Crippen LogP contribution in [-0.2, 0) is 11.3 Å². The van der Waals surface area contributed by atoms with Crippen LogP contribution >= 0.6 is 11.6 Å². The smallest absolute Gasteiger partial charge is 0.325 e. The molecule has 0 unspecified atom stereocenters. The average molecular weight is 375 g/mol. The average Bonchev–Trinajstić information content (AvgIpc) is 3.18. The van der Waals surface area contributed by atoms with Crippen LogP contribution in [0.15, 0.2) is 28.8 Å². The molecule has 0 bridgehead atoms. The van der Waals surface area contributed by atoms with Crippen molar-refractivity contribution >= 4 is 23.5 Å². The number of aromatic nitrogens is 2. The maximum Gasteiger partial charge on any atom is 0.325 e. The van der Waals surface area contributed by atoms with E-state index >= 15 is 0 Å². The molecule has 1 saturated carbocycles. The second-order valence-corrected chi connectivity index (χ2v) is 7.40. The summed E-state index contributed by atoms with van der Waals surface area (Å²) in [6.07, 6.45) is 3.63. The van der Waals surface area contributed by atoms with E-state index in [1.54, 1.807) is 24.3 Å². The summed E-state index contributed by atoms with van der Waals surface area (Å²) in [5, 5.41) is 7.44. The van der Waals surface area contributed by atoms with E-state index in [0.717, 1.165) is 24.8 Å². The van der Waals surface area contributed by atoms with Gasteiger partial charge in [0.05, 0.1) is 6.54 Å².